The summed E-state index contributed by atoms with van der Waals surface area (Å²) in [6.07, 6.45) is 0.985. The Balaban J connectivity index is 1.61. The number of benzene rings is 4. The van der Waals surface area contributed by atoms with E-state index in [0.717, 1.165) is 6.42 Å². The van der Waals surface area contributed by atoms with Gasteiger partial charge in [0.1, 0.15) is 0 Å². The molecule has 0 radical (unpaired) electrons. The second kappa shape index (κ2) is 6.10. The zero-order chi connectivity index (χ0) is 15.5. The molecule has 0 saturated heterocycles. The molecule has 4 aromatic rings. The van der Waals surface area contributed by atoms with Crippen LogP contribution in [-0.2, 0) is 6.42 Å². The first-order chi connectivity index (χ1) is 11.4. The number of hydrogen-bond acceptors (Lipinski definition) is 0. The summed E-state index contributed by atoms with van der Waals surface area (Å²) in [5.74, 6) is 0. The third kappa shape index (κ3) is 3.02. The van der Waals surface area contributed by atoms with Gasteiger partial charge in [-0.1, -0.05) is 91.0 Å². The molecule has 0 fully saturated rings. The minimum Gasteiger partial charge on any atom is -0.0622 e. The fraction of sp³-hybridized carbons (Fsp3) is 0.0435. The van der Waals surface area contributed by atoms with E-state index in [2.05, 4.69) is 97.1 Å². The molecule has 0 aliphatic carbocycles. The van der Waals surface area contributed by atoms with Crippen molar-refractivity contribution in [2.45, 2.75) is 6.42 Å². The topological polar surface area (TPSA) is 0 Å². The molecule has 110 valence electrons. The Morgan fingerprint density at radius 3 is 1.83 bits per heavy atom. The van der Waals surface area contributed by atoms with E-state index in [1.54, 1.807) is 0 Å². The van der Waals surface area contributed by atoms with E-state index in [0.29, 0.717) is 0 Å². The summed E-state index contributed by atoms with van der Waals surface area (Å²) >= 11 is 0. The summed E-state index contributed by atoms with van der Waals surface area (Å²) < 4.78 is 0. The van der Waals surface area contributed by atoms with Crippen LogP contribution < -0.4 is 0 Å². The summed E-state index contributed by atoms with van der Waals surface area (Å²) in [6.45, 7) is 0. The number of hydrogen-bond donors (Lipinski definition) is 0. The smallest absolute Gasteiger partial charge is 0.00258 e. The second-order valence-electron chi connectivity index (χ2n) is 5.92. The van der Waals surface area contributed by atoms with E-state index in [1.807, 2.05) is 0 Å². The Morgan fingerprint density at radius 1 is 0.435 bits per heavy atom. The van der Waals surface area contributed by atoms with Crippen LogP contribution in [-0.4, -0.2) is 0 Å². The Bertz CT molecular complexity index is 919. The van der Waals surface area contributed by atoms with Gasteiger partial charge in [0.05, 0.1) is 0 Å². The summed E-state index contributed by atoms with van der Waals surface area (Å²) in [6, 6.07) is 34.7. The normalized spacial score (nSPS) is 10.8. The molecule has 0 aliphatic rings. The molecule has 0 spiro atoms. The Morgan fingerprint density at radius 2 is 1.04 bits per heavy atom. The zero-order valence-corrected chi connectivity index (χ0v) is 12.9. The second-order valence-corrected chi connectivity index (χ2v) is 5.92. The van der Waals surface area contributed by atoms with Gasteiger partial charge in [0, 0.05) is 0 Å². The zero-order valence-electron chi connectivity index (χ0n) is 12.9. The van der Waals surface area contributed by atoms with Crippen LogP contribution in [0.3, 0.4) is 0 Å². The average molecular weight is 294 g/mol. The molecule has 0 aromatic heterocycles. The lowest BCUT2D eigenvalue weighted by atomic mass is 9.98. The van der Waals surface area contributed by atoms with Crippen LogP contribution >= 0.6 is 0 Å². The molecule has 0 bridgehead atoms. The highest BCUT2D eigenvalue weighted by molar-refractivity contribution is 5.87. The molecule has 4 rings (SSSR count). The molecule has 0 amide bonds. The number of fused-ring (bicyclic) bond motifs is 1. The maximum Gasteiger partial charge on any atom is -0.00258 e. The van der Waals surface area contributed by atoms with Gasteiger partial charge < -0.3 is 0 Å². The predicted molar refractivity (Wildman–Crippen MR) is 98.6 cm³/mol. The lowest BCUT2D eigenvalue weighted by Gasteiger charge is -2.06. The van der Waals surface area contributed by atoms with Gasteiger partial charge in [-0.05, 0) is 45.5 Å². The van der Waals surface area contributed by atoms with Crippen molar-refractivity contribution >= 4 is 10.8 Å². The van der Waals surface area contributed by atoms with Crippen LogP contribution in [0.2, 0.25) is 0 Å². The van der Waals surface area contributed by atoms with Gasteiger partial charge in [-0.2, -0.15) is 0 Å². The summed E-state index contributed by atoms with van der Waals surface area (Å²) in [5.41, 5.74) is 5.24. The largest absolute Gasteiger partial charge is 0.0622 e. The van der Waals surface area contributed by atoms with E-state index < -0.39 is 0 Å². The molecule has 0 heterocycles. The van der Waals surface area contributed by atoms with Crippen LogP contribution in [0.4, 0.5) is 0 Å². The van der Waals surface area contributed by atoms with Crippen molar-refractivity contribution in [2.24, 2.45) is 0 Å². The Labute approximate surface area is 137 Å². The molecular weight excluding hydrogens is 276 g/mol. The monoisotopic (exact) mass is 294 g/mol. The minimum atomic E-state index is 0.985. The van der Waals surface area contributed by atoms with E-state index >= 15 is 0 Å². The highest BCUT2D eigenvalue weighted by Crippen LogP contribution is 2.25. The third-order valence-corrected chi connectivity index (χ3v) is 4.29. The lowest BCUT2D eigenvalue weighted by Crippen LogP contribution is -1.87. The van der Waals surface area contributed by atoms with E-state index in [4.69, 9.17) is 0 Å². The minimum absolute atomic E-state index is 0.985. The highest BCUT2D eigenvalue weighted by atomic mass is 14.1. The van der Waals surface area contributed by atoms with Crippen molar-refractivity contribution in [3.63, 3.8) is 0 Å². The molecule has 4 aromatic carbocycles. The number of rotatable bonds is 3. The van der Waals surface area contributed by atoms with E-state index in [-0.39, 0.29) is 0 Å². The Hall–Kier alpha value is -2.86. The highest BCUT2D eigenvalue weighted by Gasteiger charge is 2.01. The molecular formula is C23H18. The van der Waals surface area contributed by atoms with Gasteiger partial charge in [-0.25, -0.2) is 0 Å². The van der Waals surface area contributed by atoms with Crippen molar-refractivity contribution in [1.29, 1.82) is 0 Å². The SMILES string of the molecule is c1ccc(Cc2ccc(-c3ccc4ccccc4c3)cc2)cc1. The van der Waals surface area contributed by atoms with Gasteiger partial charge in [-0.3, -0.25) is 0 Å². The summed E-state index contributed by atoms with van der Waals surface area (Å²) in [4.78, 5) is 0. The summed E-state index contributed by atoms with van der Waals surface area (Å²) in [5, 5.41) is 2.58. The van der Waals surface area contributed by atoms with Crippen molar-refractivity contribution in [2.75, 3.05) is 0 Å². The van der Waals surface area contributed by atoms with Gasteiger partial charge in [0.15, 0.2) is 0 Å². The van der Waals surface area contributed by atoms with Crippen LogP contribution in [0.1, 0.15) is 11.1 Å². The summed E-state index contributed by atoms with van der Waals surface area (Å²) in [7, 11) is 0. The van der Waals surface area contributed by atoms with Gasteiger partial charge in [-0.15, -0.1) is 0 Å². The molecule has 0 atom stereocenters. The van der Waals surface area contributed by atoms with Gasteiger partial charge >= 0.3 is 0 Å². The Kier molecular flexibility index (Phi) is 3.65. The first-order valence-corrected chi connectivity index (χ1v) is 8.00. The van der Waals surface area contributed by atoms with Crippen molar-refractivity contribution in [1.82, 2.24) is 0 Å². The fourth-order valence-corrected chi connectivity index (χ4v) is 3.02. The van der Waals surface area contributed by atoms with Crippen molar-refractivity contribution < 1.29 is 0 Å². The van der Waals surface area contributed by atoms with Crippen LogP contribution in [0, 0.1) is 0 Å². The predicted octanol–water partition coefficient (Wildman–Crippen LogP) is 6.10. The van der Waals surface area contributed by atoms with Crippen molar-refractivity contribution in [3.8, 4) is 11.1 Å². The molecule has 23 heavy (non-hydrogen) atoms. The van der Waals surface area contributed by atoms with Crippen LogP contribution in [0.25, 0.3) is 21.9 Å². The standard InChI is InChI=1S/C23H18/c1-2-6-18(7-3-1)16-19-10-12-21(13-11-19)23-15-14-20-8-4-5-9-22(20)17-23/h1-15,17H,16H2. The quantitative estimate of drug-likeness (QED) is 0.428. The lowest BCUT2D eigenvalue weighted by molar-refractivity contribution is 1.19. The molecule has 0 nitrogen and oxygen atoms in total. The van der Waals surface area contributed by atoms with Gasteiger partial charge in [0.2, 0.25) is 0 Å². The maximum absolute atomic E-state index is 2.27. The first kappa shape index (κ1) is 13.8. The van der Waals surface area contributed by atoms with Crippen LogP contribution in [0.5, 0.6) is 0 Å². The van der Waals surface area contributed by atoms with Gasteiger partial charge in [0.25, 0.3) is 0 Å². The molecule has 0 aliphatic heterocycles. The van der Waals surface area contributed by atoms with Crippen LogP contribution in [0.15, 0.2) is 97.1 Å². The van der Waals surface area contributed by atoms with E-state index in [1.165, 1.54) is 33.0 Å². The first-order valence-electron chi connectivity index (χ1n) is 8.00. The van der Waals surface area contributed by atoms with Crippen molar-refractivity contribution in [3.05, 3.63) is 108 Å². The molecule has 0 N–H and O–H groups in total. The maximum atomic E-state index is 2.27. The fourth-order valence-electron chi connectivity index (χ4n) is 3.02. The van der Waals surface area contributed by atoms with E-state index in [9.17, 15) is 0 Å². The molecule has 0 saturated carbocycles. The molecule has 0 heteroatoms. The average Bonchev–Trinajstić information content (AvgIpc) is 2.63. The molecule has 0 unspecified atom stereocenters. The third-order valence-electron chi connectivity index (χ3n) is 4.29.